The van der Waals surface area contributed by atoms with E-state index >= 15 is 0 Å². The molecule has 2 rings (SSSR count). The highest BCUT2D eigenvalue weighted by molar-refractivity contribution is 6.42. The molecule has 0 unspecified atom stereocenters. The fourth-order valence-corrected chi connectivity index (χ4v) is 2.77. The molecule has 0 aliphatic heterocycles. The minimum absolute atomic E-state index is 0.0561. The molecule has 0 aromatic heterocycles. The number of hydrogen-bond donors (Lipinski definition) is 0. The van der Waals surface area contributed by atoms with Gasteiger partial charge in [0.1, 0.15) is 5.75 Å². The highest BCUT2D eigenvalue weighted by Crippen LogP contribution is 2.26. The van der Waals surface area contributed by atoms with Gasteiger partial charge in [0, 0.05) is 25.1 Å². The van der Waals surface area contributed by atoms with Crippen LogP contribution < -0.4 is 4.65 Å². The number of nitrogens with zero attached hydrogens (tertiary/aromatic N) is 1. The van der Waals surface area contributed by atoms with Crippen LogP contribution in [0.5, 0.6) is 5.75 Å². The molecule has 29 heavy (non-hydrogen) atoms. The molecule has 0 radical (unpaired) electrons. The molecule has 0 heterocycles. The van der Waals surface area contributed by atoms with Crippen molar-refractivity contribution in [1.29, 1.82) is 0 Å². The zero-order chi connectivity index (χ0) is 21.4. The van der Waals surface area contributed by atoms with Crippen LogP contribution in [0, 0.1) is 5.92 Å². The average molecular weight is 395 g/mol. The summed E-state index contributed by atoms with van der Waals surface area (Å²) in [4.78, 5) is 27.6. The second-order valence-corrected chi connectivity index (χ2v) is 6.88. The Hall–Kier alpha value is -3.09. The number of para-hydroxylation sites is 1. The predicted octanol–water partition coefficient (Wildman–Crippen LogP) is 4.38. The Balaban J connectivity index is 2.39. The Bertz CT molecular complexity index is 851. The van der Waals surface area contributed by atoms with E-state index in [9.17, 15) is 9.59 Å². The molecule has 0 saturated heterocycles. The summed E-state index contributed by atoms with van der Waals surface area (Å²) >= 11 is 0. The van der Waals surface area contributed by atoms with Gasteiger partial charge in [0.15, 0.2) is 0 Å². The van der Waals surface area contributed by atoms with Gasteiger partial charge in [-0.2, -0.15) is 0 Å². The largest absolute Gasteiger partial charge is 0.868 e. The van der Waals surface area contributed by atoms with Crippen molar-refractivity contribution in [2.24, 2.45) is 10.9 Å². The maximum atomic E-state index is 11.3. The minimum atomic E-state index is -1.47. The van der Waals surface area contributed by atoms with E-state index in [1.807, 2.05) is 63.2 Å². The fourth-order valence-electron chi connectivity index (χ4n) is 2.77. The quantitative estimate of drug-likeness (QED) is 0.490. The summed E-state index contributed by atoms with van der Waals surface area (Å²) in [6.45, 7) is 8.55. The Morgan fingerprint density at radius 1 is 0.862 bits per heavy atom. The van der Waals surface area contributed by atoms with E-state index in [1.165, 1.54) is 13.8 Å². The molecule has 0 bridgehead atoms. The zero-order valence-electron chi connectivity index (χ0n) is 17.4. The number of hydrogen-bond acceptors (Lipinski definition) is 6. The summed E-state index contributed by atoms with van der Waals surface area (Å²) in [5, 5.41) is 0. The van der Waals surface area contributed by atoms with Gasteiger partial charge in [0.05, 0.1) is 6.04 Å². The van der Waals surface area contributed by atoms with E-state index in [2.05, 4.69) is 0 Å². The van der Waals surface area contributed by atoms with E-state index in [-0.39, 0.29) is 12.0 Å². The first kappa shape index (κ1) is 22.2. The maximum absolute atomic E-state index is 11.3. The lowest BCUT2D eigenvalue weighted by Crippen LogP contribution is -2.34. The Labute approximate surface area is 172 Å². The second kappa shape index (κ2) is 10.5. The lowest BCUT2D eigenvalue weighted by atomic mass is 9.97. The van der Waals surface area contributed by atoms with Crippen molar-refractivity contribution in [3.8, 4) is 5.75 Å². The van der Waals surface area contributed by atoms with Gasteiger partial charge >= 0.3 is 7.32 Å². The van der Waals surface area contributed by atoms with Crippen LogP contribution in [0.1, 0.15) is 51.8 Å². The van der Waals surface area contributed by atoms with Crippen molar-refractivity contribution < 1.29 is 23.6 Å². The summed E-state index contributed by atoms with van der Waals surface area (Å²) in [6.07, 6.45) is 0. The fraction of sp³-hybridized carbons (Fsp3) is 0.318. The van der Waals surface area contributed by atoms with Crippen molar-refractivity contribution in [2.75, 3.05) is 0 Å². The van der Waals surface area contributed by atoms with Crippen molar-refractivity contribution in [2.45, 2.75) is 40.7 Å². The Morgan fingerprint density at radius 2 is 1.41 bits per heavy atom. The molecule has 0 spiro atoms. The number of rotatable bonds is 8. The van der Waals surface area contributed by atoms with Gasteiger partial charge in [0.2, 0.25) is 0 Å². The van der Waals surface area contributed by atoms with E-state index in [1.54, 1.807) is 12.1 Å². The van der Waals surface area contributed by atoms with Crippen molar-refractivity contribution >= 4 is 25.0 Å². The molecular formula is C22H26BNO5. The van der Waals surface area contributed by atoms with E-state index in [4.69, 9.17) is 19.0 Å². The number of carbonyl (C=O) groups is 2. The van der Waals surface area contributed by atoms with Gasteiger partial charge in [-0.1, -0.05) is 56.3 Å². The molecule has 0 amide bonds. The summed E-state index contributed by atoms with van der Waals surface area (Å²) in [5.41, 5.74) is 2.68. The highest BCUT2D eigenvalue weighted by atomic mass is 16.8. The molecule has 0 N–H and O–H groups in total. The molecule has 0 aliphatic rings. The summed E-state index contributed by atoms with van der Waals surface area (Å²) in [7, 11) is -1.47. The van der Waals surface area contributed by atoms with E-state index < -0.39 is 19.3 Å². The molecular weight excluding hydrogens is 369 g/mol. The van der Waals surface area contributed by atoms with Gasteiger partial charge < -0.3 is 14.0 Å². The predicted molar refractivity (Wildman–Crippen MR) is 113 cm³/mol. The van der Waals surface area contributed by atoms with Gasteiger partial charge in [-0.3, -0.25) is 14.6 Å². The third kappa shape index (κ3) is 6.78. The summed E-state index contributed by atoms with van der Waals surface area (Å²) in [6, 6.07) is 17.2. The van der Waals surface area contributed by atoms with Crippen LogP contribution in [0.15, 0.2) is 59.6 Å². The highest BCUT2D eigenvalue weighted by Gasteiger charge is 2.33. The molecule has 0 saturated carbocycles. The second-order valence-electron chi connectivity index (χ2n) is 6.88. The minimum Gasteiger partial charge on any atom is -0.489 e. The molecule has 2 aromatic carbocycles. The molecule has 6 nitrogen and oxygen atoms in total. The maximum Gasteiger partial charge on any atom is 0.868 e. The van der Waals surface area contributed by atoms with E-state index in [0.29, 0.717) is 5.75 Å². The van der Waals surface area contributed by atoms with Crippen LogP contribution in [0.2, 0.25) is 0 Å². The number of benzene rings is 2. The van der Waals surface area contributed by atoms with Gasteiger partial charge in [-0.25, -0.2) is 0 Å². The molecule has 7 heteroatoms. The van der Waals surface area contributed by atoms with Crippen LogP contribution in [-0.4, -0.2) is 25.0 Å². The lowest BCUT2D eigenvalue weighted by molar-refractivity contribution is -0.139. The van der Waals surface area contributed by atoms with Crippen LogP contribution >= 0.6 is 0 Å². The first-order valence-electron chi connectivity index (χ1n) is 9.51. The Morgan fingerprint density at radius 3 is 1.97 bits per heavy atom. The zero-order valence-corrected chi connectivity index (χ0v) is 17.4. The topological polar surface area (TPSA) is 74.2 Å². The molecule has 1 atom stereocenters. The number of carbonyl (C=O) groups excluding carboxylic acids is 2. The van der Waals surface area contributed by atoms with Gasteiger partial charge in [-0.15, -0.1) is 0 Å². The standard InChI is InChI=1S/C22H26BNO5/c1-15(2)22(24-16(3)19-11-7-6-8-12-19)20-13-9-10-14-21(20)29-23(27-17(4)25)28-18(5)26/h6-16H,1-5H3/t16-/m1/s1. The van der Waals surface area contributed by atoms with Crippen molar-refractivity contribution in [3.63, 3.8) is 0 Å². The lowest BCUT2D eigenvalue weighted by Gasteiger charge is -2.19. The third-order valence-electron chi connectivity index (χ3n) is 4.07. The molecule has 152 valence electrons. The number of aliphatic imine (C=N–C) groups is 1. The van der Waals surface area contributed by atoms with Crippen molar-refractivity contribution in [1.82, 2.24) is 0 Å². The summed E-state index contributed by atoms with van der Waals surface area (Å²) < 4.78 is 15.7. The van der Waals surface area contributed by atoms with E-state index in [0.717, 1.165) is 16.8 Å². The van der Waals surface area contributed by atoms with Gasteiger partial charge in [-0.05, 0) is 30.5 Å². The molecule has 2 aromatic rings. The SMILES string of the molecule is CC(=O)OB(OC(C)=O)Oc1ccccc1C(=N[C@H](C)c1ccccc1)C(C)C. The normalized spacial score (nSPS) is 12.3. The summed E-state index contributed by atoms with van der Waals surface area (Å²) in [5.74, 6) is -0.729. The van der Waals surface area contributed by atoms with Crippen LogP contribution in [0.3, 0.4) is 0 Å². The first-order chi connectivity index (χ1) is 13.8. The Kier molecular flexibility index (Phi) is 8.01. The van der Waals surface area contributed by atoms with Crippen LogP contribution in [-0.2, 0) is 18.9 Å². The average Bonchev–Trinajstić information content (AvgIpc) is 2.66. The smallest absolute Gasteiger partial charge is 0.489 e. The van der Waals surface area contributed by atoms with Crippen molar-refractivity contribution in [3.05, 3.63) is 65.7 Å². The molecule has 0 fully saturated rings. The van der Waals surface area contributed by atoms with Gasteiger partial charge in [0.25, 0.3) is 11.9 Å². The van der Waals surface area contributed by atoms with Crippen LogP contribution in [0.25, 0.3) is 0 Å². The molecule has 0 aliphatic carbocycles. The van der Waals surface area contributed by atoms with Crippen LogP contribution in [0.4, 0.5) is 0 Å². The third-order valence-corrected chi connectivity index (χ3v) is 4.07. The monoisotopic (exact) mass is 395 g/mol. The first-order valence-corrected chi connectivity index (χ1v) is 9.51.